The molecular formula is C16H16N4O4. The summed E-state index contributed by atoms with van der Waals surface area (Å²) >= 11 is 0. The second-order valence-electron chi connectivity index (χ2n) is 5.44. The molecule has 0 spiro atoms. The number of carbonyl (C=O) groups is 3. The summed E-state index contributed by atoms with van der Waals surface area (Å²) in [6.07, 6.45) is 3.59. The SMILES string of the molecule is O=Cc1cccc(-n2cc(CCC(=O)N[C@H]3CCOC3=O)nn2)c1. The summed E-state index contributed by atoms with van der Waals surface area (Å²) in [6, 6.07) is 6.42. The monoisotopic (exact) mass is 328 g/mol. The summed E-state index contributed by atoms with van der Waals surface area (Å²) in [5.41, 5.74) is 1.92. The molecule has 1 N–H and O–H groups in total. The number of carbonyl (C=O) groups excluding carboxylic acids is 3. The second kappa shape index (κ2) is 7.03. The van der Waals surface area contributed by atoms with Gasteiger partial charge in [-0.15, -0.1) is 5.10 Å². The second-order valence-corrected chi connectivity index (χ2v) is 5.44. The average Bonchev–Trinajstić information content (AvgIpc) is 3.23. The van der Waals surface area contributed by atoms with Crippen LogP contribution in [-0.4, -0.2) is 45.8 Å². The van der Waals surface area contributed by atoms with Gasteiger partial charge in [-0.25, -0.2) is 9.48 Å². The van der Waals surface area contributed by atoms with Gasteiger partial charge in [0.05, 0.1) is 24.2 Å². The lowest BCUT2D eigenvalue weighted by Crippen LogP contribution is -2.38. The van der Waals surface area contributed by atoms with E-state index in [-0.39, 0.29) is 18.3 Å². The van der Waals surface area contributed by atoms with Gasteiger partial charge < -0.3 is 10.1 Å². The van der Waals surface area contributed by atoms with Crippen LogP contribution in [0.5, 0.6) is 0 Å². The highest BCUT2D eigenvalue weighted by molar-refractivity contribution is 5.85. The Kier molecular flexibility index (Phi) is 4.64. The van der Waals surface area contributed by atoms with Crippen LogP contribution in [0.3, 0.4) is 0 Å². The zero-order chi connectivity index (χ0) is 16.9. The minimum absolute atomic E-state index is 0.205. The van der Waals surface area contributed by atoms with Crippen LogP contribution in [-0.2, 0) is 20.7 Å². The van der Waals surface area contributed by atoms with E-state index in [1.807, 2.05) is 6.07 Å². The molecule has 0 radical (unpaired) electrons. The van der Waals surface area contributed by atoms with Crippen LogP contribution < -0.4 is 5.32 Å². The number of cyclic esters (lactones) is 1. The van der Waals surface area contributed by atoms with Gasteiger partial charge in [0.1, 0.15) is 12.3 Å². The molecule has 1 amide bonds. The van der Waals surface area contributed by atoms with Gasteiger partial charge in [0.2, 0.25) is 5.91 Å². The molecule has 1 aromatic carbocycles. The number of ether oxygens (including phenoxy) is 1. The molecular weight excluding hydrogens is 312 g/mol. The largest absolute Gasteiger partial charge is 0.464 e. The summed E-state index contributed by atoms with van der Waals surface area (Å²) in [4.78, 5) is 34.0. The molecule has 1 saturated heterocycles. The van der Waals surface area contributed by atoms with Gasteiger partial charge in [0, 0.05) is 24.8 Å². The number of aromatic nitrogens is 3. The zero-order valence-electron chi connectivity index (χ0n) is 12.8. The number of benzene rings is 1. The Hall–Kier alpha value is -3.03. The molecule has 0 saturated carbocycles. The van der Waals surface area contributed by atoms with Crippen LogP contribution in [0.1, 0.15) is 28.9 Å². The maximum atomic E-state index is 11.9. The summed E-state index contributed by atoms with van der Waals surface area (Å²) in [6.45, 7) is 0.345. The van der Waals surface area contributed by atoms with E-state index in [0.29, 0.717) is 30.7 Å². The fourth-order valence-electron chi connectivity index (χ4n) is 2.41. The van der Waals surface area contributed by atoms with Gasteiger partial charge in [-0.3, -0.25) is 9.59 Å². The number of esters is 1. The van der Waals surface area contributed by atoms with Crippen molar-refractivity contribution in [2.24, 2.45) is 0 Å². The molecule has 1 aliphatic heterocycles. The third kappa shape index (κ3) is 3.65. The van der Waals surface area contributed by atoms with Crippen molar-refractivity contribution in [3.05, 3.63) is 41.7 Å². The standard InChI is InChI=1S/C16H16N4O4/c21-10-11-2-1-3-13(8-11)20-9-12(18-19-20)4-5-15(22)17-14-6-7-24-16(14)23/h1-3,8-10,14H,4-7H2,(H,17,22)/t14-/m0/s1. The highest BCUT2D eigenvalue weighted by atomic mass is 16.5. The average molecular weight is 328 g/mol. The molecule has 2 aromatic rings. The van der Waals surface area contributed by atoms with Crippen molar-refractivity contribution < 1.29 is 19.1 Å². The lowest BCUT2D eigenvalue weighted by atomic mass is 10.2. The zero-order valence-corrected chi connectivity index (χ0v) is 12.8. The summed E-state index contributed by atoms with van der Waals surface area (Å²) in [7, 11) is 0. The number of rotatable bonds is 6. The number of nitrogens with zero attached hydrogens (tertiary/aromatic N) is 3. The normalized spacial score (nSPS) is 16.7. The fraction of sp³-hybridized carbons (Fsp3) is 0.312. The number of aldehydes is 1. The van der Waals surface area contributed by atoms with Gasteiger partial charge in [-0.2, -0.15) is 0 Å². The van der Waals surface area contributed by atoms with Crippen molar-refractivity contribution in [2.75, 3.05) is 6.61 Å². The molecule has 124 valence electrons. The smallest absolute Gasteiger partial charge is 0.328 e. The lowest BCUT2D eigenvalue weighted by molar-refractivity contribution is -0.141. The van der Waals surface area contributed by atoms with Crippen LogP contribution in [0.2, 0.25) is 0 Å². The summed E-state index contributed by atoms with van der Waals surface area (Å²) in [5.74, 6) is -0.610. The first-order valence-corrected chi connectivity index (χ1v) is 7.58. The molecule has 0 unspecified atom stereocenters. The van der Waals surface area contributed by atoms with Gasteiger partial charge in [-0.1, -0.05) is 17.3 Å². The Morgan fingerprint density at radius 1 is 1.46 bits per heavy atom. The Morgan fingerprint density at radius 2 is 2.33 bits per heavy atom. The van der Waals surface area contributed by atoms with Crippen molar-refractivity contribution in [1.82, 2.24) is 20.3 Å². The number of amides is 1. The molecule has 1 aliphatic rings. The molecule has 2 heterocycles. The number of hydrogen-bond donors (Lipinski definition) is 1. The Bertz CT molecular complexity index is 771. The van der Waals surface area contributed by atoms with Crippen molar-refractivity contribution in [2.45, 2.75) is 25.3 Å². The number of hydrogen-bond acceptors (Lipinski definition) is 6. The third-order valence-corrected chi connectivity index (χ3v) is 3.69. The Morgan fingerprint density at radius 3 is 3.08 bits per heavy atom. The maximum Gasteiger partial charge on any atom is 0.328 e. The van der Waals surface area contributed by atoms with Crippen LogP contribution in [0.25, 0.3) is 5.69 Å². The van der Waals surface area contributed by atoms with Gasteiger partial charge in [-0.05, 0) is 12.1 Å². The van der Waals surface area contributed by atoms with E-state index in [4.69, 9.17) is 4.74 Å². The van der Waals surface area contributed by atoms with Crippen LogP contribution in [0, 0.1) is 0 Å². The first-order chi connectivity index (χ1) is 11.7. The first kappa shape index (κ1) is 15.9. The third-order valence-electron chi connectivity index (χ3n) is 3.69. The van der Waals surface area contributed by atoms with Crippen LogP contribution >= 0.6 is 0 Å². The molecule has 3 rings (SSSR count). The molecule has 24 heavy (non-hydrogen) atoms. The molecule has 1 fully saturated rings. The highest BCUT2D eigenvalue weighted by Gasteiger charge is 2.27. The topological polar surface area (TPSA) is 103 Å². The quantitative estimate of drug-likeness (QED) is 0.610. The van der Waals surface area contributed by atoms with E-state index in [0.717, 1.165) is 12.0 Å². The molecule has 8 heteroatoms. The highest BCUT2D eigenvalue weighted by Crippen LogP contribution is 2.10. The summed E-state index contributed by atoms with van der Waals surface area (Å²) in [5, 5.41) is 10.7. The van der Waals surface area contributed by atoms with Crippen molar-refractivity contribution in [1.29, 1.82) is 0 Å². The van der Waals surface area contributed by atoms with Crippen LogP contribution in [0.15, 0.2) is 30.5 Å². The minimum atomic E-state index is -0.542. The Balaban J connectivity index is 1.56. The first-order valence-electron chi connectivity index (χ1n) is 7.58. The molecule has 8 nitrogen and oxygen atoms in total. The van der Waals surface area contributed by atoms with Crippen molar-refractivity contribution in [3.8, 4) is 5.69 Å². The molecule has 1 atom stereocenters. The van der Waals surface area contributed by atoms with E-state index >= 15 is 0 Å². The minimum Gasteiger partial charge on any atom is -0.464 e. The molecule has 0 aliphatic carbocycles. The van der Waals surface area contributed by atoms with Crippen molar-refractivity contribution >= 4 is 18.2 Å². The molecule has 1 aromatic heterocycles. The molecule has 0 bridgehead atoms. The summed E-state index contributed by atoms with van der Waals surface area (Å²) < 4.78 is 6.35. The number of aryl methyl sites for hydroxylation is 1. The van der Waals surface area contributed by atoms with E-state index < -0.39 is 6.04 Å². The van der Waals surface area contributed by atoms with Gasteiger partial charge in [0.25, 0.3) is 0 Å². The maximum absolute atomic E-state index is 11.9. The van der Waals surface area contributed by atoms with E-state index in [9.17, 15) is 14.4 Å². The lowest BCUT2D eigenvalue weighted by Gasteiger charge is -2.07. The number of nitrogens with one attached hydrogen (secondary N) is 1. The van der Waals surface area contributed by atoms with E-state index in [1.54, 1.807) is 29.1 Å². The Labute approximate surface area is 137 Å². The predicted molar refractivity (Wildman–Crippen MR) is 82.6 cm³/mol. The predicted octanol–water partition coefficient (Wildman–Crippen LogP) is 0.444. The van der Waals surface area contributed by atoms with E-state index in [2.05, 4.69) is 15.6 Å². The van der Waals surface area contributed by atoms with Gasteiger partial charge in [0.15, 0.2) is 0 Å². The van der Waals surface area contributed by atoms with E-state index in [1.165, 1.54) is 0 Å². The van der Waals surface area contributed by atoms with Gasteiger partial charge >= 0.3 is 5.97 Å². The van der Waals surface area contributed by atoms with Crippen molar-refractivity contribution in [3.63, 3.8) is 0 Å². The van der Waals surface area contributed by atoms with Crippen LogP contribution in [0.4, 0.5) is 0 Å². The fourth-order valence-corrected chi connectivity index (χ4v) is 2.41.